The molecule has 0 amide bonds. The summed E-state index contributed by atoms with van der Waals surface area (Å²) in [4.78, 5) is 6.50. The summed E-state index contributed by atoms with van der Waals surface area (Å²) in [6, 6.07) is 5.18. The van der Waals surface area contributed by atoms with E-state index in [9.17, 15) is 4.39 Å². The van der Waals surface area contributed by atoms with Crippen molar-refractivity contribution in [2.45, 2.75) is 26.4 Å². The quantitative estimate of drug-likeness (QED) is 0.262. The summed E-state index contributed by atoms with van der Waals surface area (Å²) < 4.78 is 18.8. The number of ether oxygens (including phenoxy) is 1. The lowest BCUT2D eigenvalue weighted by atomic mass is 10.1. The predicted octanol–water partition coefficient (Wildman–Crippen LogP) is 2.60. The fourth-order valence-electron chi connectivity index (χ4n) is 2.12. The van der Waals surface area contributed by atoms with Crippen molar-refractivity contribution < 1.29 is 9.13 Å². The molecule has 7 heteroatoms. The van der Waals surface area contributed by atoms with Crippen LogP contribution in [-0.4, -0.2) is 51.8 Å². The molecule has 0 spiro atoms. The van der Waals surface area contributed by atoms with E-state index in [1.807, 2.05) is 32.0 Å². The van der Waals surface area contributed by atoms with Gasteiger partial charge in [-0.15, -0.1) is 24.0 Å². The Balaban J connectivity index is 0.00000529. The van der Waals surface area contributed by atoms with Gasteiger partial charge in [-0.3, -0.25) is 0 Å². The second-order valence-electron chi connectivity index (χ2n) is 5.63. The minimum Gasteiger partial charge on any atom is -0.385 e. The Kier molecular flexibility index (Phi) is 12.9. The Morgan fingerprint density at radius 3 is 2.67 bits per heavy atom. The molecule has 138 valence electrons. The zero-order valence-electron chi connectivity index (χ0n) is 15.1. The number of benzene rings is 1. The molecule has 1 rings (SSSR count). The Bertz CT molecular complexity index is 497. The average Bonchev–Trinajstić information content (AvgIpc) is 2.51. The van der Waals surface area contributed by atoms with E-state index in [4.69, 9.17) is 4.74 Å². The number of nitrogens with zero attached hydrogens (tertiary/aromatic N) is 2. The van der Waals surface area contributed by atoms with Gasteiger partial charge in [0.25, 0.3) is 0 Å². The standard InChI is InChI=1S/C17H29FN4O.HI/c1-5-19-17(20-9-6-10-23-4)21-12-14-7-8-16(18)15(11-14)13-22(2)3;/h7-8,11H,5-6,9-10,12-13H2,1-4H3,(H2,19,20,21);1H. The van der Waals surface area contributed by atoms with Gasteiger partial charge in [-0.25, -0.2) is 9.38 Å². The molecule has 2 N–H and O–H groups in total. The van der Waals surface area contributed by atoms with Crippen LogP contribution in [-0.2, 0) is 17.8 Å². The summed E-state index contributed by atoms with van der Waals surface area (Å²) >= 11 is 0. The van der Waals surface area contributed by atoms with Crippen LogP contribution in [0.1, 0.15) is 24.5 Å². The normalized spacial score (nSPS) is 11.3. The summed E-state index contributed by atoms with van der Waals surface area (Å²) in [7, 11) is 5.55. The molecule has 1 aromatic carbocycles. The van der Waals surface area contributed by atoms with Gasteiger partial charge in [0.15, 0.2) is 5.96 Å². The first-order chi connectivity index (χ1) is 11.1. The molecule has 0 aliphatic carbocycles. The zero-order valence-corrected chi connectivity index (χ0v) is 17.4. The maximum Gasteiger partial charge on any atom is 0.191 e. The molecule has 0 aromatic heterocycles. The van der Waals surface area contributed by atoms with Crippen LogP contribution in [0, 0.1) is 5.82 Å². The van der Waals surface area contributed by atoms with E-state index in [0.29, 0.717) is 18.7 Å². The second-order valence-corrected chi connectivity index (χ2v) is 5.63. The highest BCUT2D eigenvalue weighted by molar-refractivity contribution is 14.0. The van der Waals surface area contributed by atoms with Crippen LogP contribution in [0.15, 0.2) is 23.2 Å². The molecule has 0 radical (unpaired) electrons. The number of methoxy groups -OCH3 is 1. The molecular formula is C17H30FIN4O. The van der Waals surface area contributed by atoms with Crippen LogP contribution in [0.3, 0.4) is 0 Å². The SMILES string of the molecule is CCNC(=NCc1ccc(F)c(CN(C)C)c1)NCCCOC.I. The van der Waals surface area contributed by atoms with Crippen molar-refractivity contribution in [3.63, 3.8) is 0 Å². The summed E-state index contributed by atoms with van der Waals surface area (Å²) in [6.07, 6.45) is 0.921. The lowest BCUT2D eigenvalue weighted by Gasteiger charge is -2.13. The fourth-order valence-corrected chi connectivity index (χ4v) is 2.12. The molecule has 0 fully saturated rings. The minimum atomic E-state index is -0.170. The molecule has 0 saturated carbocycles. The number of hydrogen-bond acceptors (Lipinski definition) is 3. The monoisotopic (exact) mass is 452 g/mol. The highest BCUT2D eigenvalue weighted by atomic mass is 127. The van der Waals surface area contributed by atoms with E-state index in [2.05, 4.69) is 15.6 Å². The van der Waals surface area contributed by atoms with Crippen LogP contribution in [0.4, 0.5) is 4.39 Å². The lowest BCUT2D eigenvalue weighted by Crippen LogP contribution is -2.38. The third kappa shape index (κ3) is 9.39. The predicted molar refractivity (Wildman–Crippen MR) is 109 cm³/mol. The van der Waals surface area contributed by atoms with E-state index < -0.39 is 0 Å². The first kappa shape index (κ1) is 23.1. The van der Waals surface area contributed by atoms with Crippen molar-refractivity contribution in [1.82, 2.24) is 15.5 Å². The topological polar surface area (TPSA) is 48.9 Å². The van der Waals surface area contributed by atoms with Crippen LogP contribution >= 0.6 is 24.0 Å². The van der Waals surface area contributed by atoms with E-state index in [1.165, 1.54) is 6.07 Å². The molecule has 0 aliphatic heterocycles. The summed E-state index contributed by atoms with van der Waals surface area (Å²) in [5.74, 6) is 0.595. The van der Waals surface area contributed by atoms with Crippen LogP contribution in [0.5, 0.6) is 0 Å². The molecule has 1 aromatic rings. The molecule has 0 aliphatic rings. The molecule has 0 bridgehead atoms. The van der Waals surface area contributed by atoms with Gasteiger partial charge < -0.3 is 20.3 Å². The first-order valence-electron chi connectivity index (χ1n) is 8.00. The highest BCUT2D eigenvalue weighted by Gasteiger charge is 2.05. The number of aliphatic imine (C=N–C) groups is 1. The second kappa shape index (κ2) is 13.4. The molecule has 24 heavy (non-hydrogen) atoms. The number of guanidine groups is 1. The van der Waals surface area contributed by atoms with Crippen molar-refractivity contribution >= 4 is 29.9 Å². The van der Waals surface area contributed by atoms with E-state index in [-0.39, 0.29) is 29.8 Å². The van der Waals surface area contributed by atoms with E-state index in [1.54, 1.807) is 13.2 Å². The fraction of sp³-hybridized carbons (Fsp3) is 0.588. The number of halogens is 2. The van der Waals surface area contributed by atoms with Gasteiger partial charge in [-0.2, -0.15) is 0 Å². The van der Waals surface area contributed by atoms with Crippen LogP contribution in [0.2, 0.25) is 0 Å². The summed E-state index contributed by atoms with van der Waals surface area (Å²) in [6.45, 7) is 5.44. The van der Waals surface area contributed by atoms with Crippen molar-refractivity contribution in [1.29, 1.82) is 0 Å². The summed E-state index contributed by atoms with van der Waals surface area (Å²) in [5, 5.41) is 6.46. The number of rotatable bonds is 9. The third-order valence-corrected chi connectivity index (χ3v) is 3.18. The molecule has 5 nitrogen and oxygen atoms in total. The largest absolute Gasteiger partial charge is 0.385 e. The Hall–Kier alpha value is -0.930. The molecule has 0 heterocycles. The van der Waals surface area contributed by atoms with Gasteiger partial charge >= 0.3 is 0 Å². The van der Waals surface area contributed by atoms with Gasteiger partial charge in [0, 0.05) is 38.9 Å². The number of hydrogen-bond donors (Lipinski definition) is 2. The Morgan fingerprint density at radius 2 is 2.04 bits per heavy atom. The maximum atomic E-state index is 13.8. The third-order valence-electron chi connectivity index (χ3n) is 3.18. The van der Waals surface area contributed by atoms with E-state index in [0.717, 1.165) is 37.6 Å². The van der Waals surface area contributed by atoms with E-state index >= 15 is 0 Å². The van der Waals surface area contributed by atoms with Gasteiger partial charge in [-0.05, 0) is 45.1 Å². The van der Waals surface area contributed by atoms with Crippen molar-refractivity contribution in [2.75, 3.05) is 40.9 Å². The van der Waals surface area contributed by atoms with Crippen LogP contribution in [0.25, 0.3) is 0 Å². The van der Waals surface area contributed by atoms with Crippen molar-refractivity contribution in [3.05, 3.63) is 35.1 Å². The zero-order chi connectivity index (χ0) is 17.1. The van der Waals surface area contributed by atoms with Gasteiger partial charge in [0.1, 0.15) is 5.82 Å². The smallest absolute Gasteiger partial charge is 0.191 e. The molecular weight excluding hydrogens is 422 g/mol. The van der Waals surface area contributed by atoms with Gasteiger partial charge in [0.2, 0.25) is 0 Å². The Labute approximate surface area is 162 Å². The molecule has 0 saturated heterocycles. The Morgan fingerprint density at radius 1 is 1.29 bits per heavy atom. The van der Waals surface area contributed by atoms with Crippen LogP contribution < -0.4 is 10.6 Å². The molecule has 0 atom stereocenters. The summed E-state index contributed by atoms with van der Waals surface area (Å²) in [5.41, 5.74) is 1.69. The average molecular weight is 452 g/mol. The van der Waals surface area contributed by atoms with Crippen molar-refractivity contribution in [3.8, 4) is 0 Å². The van der Waals surface area contributed by atoms with Gasteiger partial charge in [-0.1, -0.05) is 6.07 Å². The minimum absolute atomic E-state index is 0. The van der Waals surface area contributed by atoms with Gasteiger partial charge in [0.05, 0.1) is 6.54 Å². The maximum absolute atomic E-state index is 13.8. The van der Waals surface area contributed by atoms with Crippen molar-refractivity contribution in [2.24, 2.45) is 4.99 Å². The highest BCUT2D eigenvalue weighted by Crippen LogP contribution is 2.13. The number of nitrogens with one attached hydrogen (secondary N) is 2. The molecule has 0 unspecified atom stereocenters. The lowest BCUT2D eigenvalue weighted by molar-refractivity contribution is 0.195. The first-order valence-corrected chi connectivity index (χ1v) is 8.00.